The van der Waals surface area contributed by atoms with E-state index in [4.69, 9.17) is 0 Å². The van der Waals surface area contributed by atoms with Gasteiger partial charge in [-0.05, 0) is 0 Å². The zero-order valence-corrected chi connectivity index (χ0v) is 5.45. The first kappa shape index (κ1) is 4.63. The maximum absolute atomic E-state index is 3.35. The Morgan fingerprint density at radius 1 is 1.33 bits per heavy atom. The molecule has 36 valence electrons. The van der Waals surface area contributed by atoms with E-state index in [-0.39, 0.29) is 0 Å². The number of nitrogens with one attached hydrogen (secondary N) is 1. The van der Waals surface area contributed by atoms with E-state index in [9.17, 15) is 0 Å². The molecule has 0 amide bonds. The molecule has 1 heterocycles. The van der Waals surface area contributed by atoms with Crippen molar-refractivity contribution in [1.82, 2.24) is 4.33 Å². The quantitative estimate of drug-likeness (QED) is 0.493. The van der Waals surface area contributed by atoms with E-state index in [0.717, 1.165) is 15.2 Å². The van der Waals surface area contributed by atoms with Gasteiger partial charge in [-0.2, -0.15) is 0 Å². The summed E-state index contributed by atoms with van der Waals surface area (Å²) in [6, 6.07) is 0. The van der Waals surface area contributed by atoms with E-state index in [1.54, 1.807) is 0 Å². The third-order valence-corrected chi connectivity index (χ3v) is 2.77. The molecular formula is C4H9NSe. The summed E-state index contributed by atoms with van der Waals surface area (Å²) in [6.07, 6.45) is 2.87. The molecular weight excluding hydrogens is 141 g/mol. The van der Waals surface area contributed by atoms with Crippen molar-refractivity contribution in [3.63, 3.8) is 0 Å². The van der Waals surface area contributed by atoms with E-state index in [1.165, 1.54) is 24.7 Å². The predicted octanol–water partition coefficient (Wildman–Crippen LogP) is 0.407. The summed E-state index contributed by atoms with van der Waals surface area (Å²) in [5.41, 5.74) is 0. The van der Waals surface area contributed by atoms with Gasteiger partial charge in [0.2, 0.25) is 0 Å². The molecule has 0 radical (unpaired) electrons. The molecule has 6 heavy (non-hydrogen) atoms. The van der Waals surface area contributed by atoms with E-state index < -0.39 is 0 Å². The molecule has 0 aromatic rings. The van der Waals surface area contributed by atoms with E-state index in [2.05, 4.69) is 4.33 Å². The zero-order valence-electron chi connectivity index (χ0n) is 3.74. The molecule has 1 aliphatic heterocycles. The van der Waals surface area contributed by atoms with E-state index in [0.29, 0.717) is 0 Å². The van der Waals surface area contributed by atoms with Crippen molar-refractivity contribution < 1.29 is 0 Å². The summed E-state index contributed by atoms with van der Waals surface area (Å²) in [7, 11) is 0. The minimum absolute atomic E-state index is 0.804. The van der Waals surface area contributed by atoms with Gasteiger partial charge in [-0.15, -0.1) is 0 Å². The Morgan fingerprint density at radius 2 is 2.33 bits per heavy atom. The molecule has 1 saturated heterocycles. The Morgan fingerprint density at radius 3 is 2.50 bits per heavy atom. The fourth-order valence-electron chi connectivity index (χ4n) is 0.516. The average Bonchev–Trinajstić information content (AvgIpc) is 1.72. The van der Waals surface area contributed by atoms with Crippen LogP contribution in [0.15, 0.2) is 0 Å². The number of rotatable bonds is 0. The Labute approximate surface area is 44.9 Å². The van der Waals surface area contributed by atoms with Gasteiger partial charge in [0.05, 0.1) is 0 Å². The summed E-state index contributed by atoms with van der Waals surface area (Å²) in [4.78, 5) is 0. The van der Waals surface area contributed by atoms with Crippen molar-refractivity contribution in [3.05, 3.63) is 0 Å². The number of hydrogen-bond acceptors (Lipinski definition) is 1. The van der Waals surface area contributed by atoms with Gasteiger partial charge in [0, 0.05) is 0 Å². The van der Waals surface area contributed by atoms with Crippen LogP contribution in [-0.4, -0.2) is 21.7 Å². The van der Waals surface area contributed by atoms with Crippen molar-refractivity contribution in [1.29, 1.82) is 0 Å². The monoisotopic (exact) mass is 151 g/mol. The Kier molecular flexibility index (Phi) is 2.02. The maximum atomic E-state index is 3.35. The van der Waals surface area contributed by atoms with E-state index >= 15 is 0 Å². The molecule has 1 N–H and O–H groups in total. The first-order chi connectivity index (χ1) is 3.00. The van der Waals surface area contributed by atoms with Gasteiger partial charge in [0.25, 0.3) is 0 Å². The van der Waals surface area contributed by atoms with Crippen LogP contribution in [0.1, 0.15) is 12.8 Å². The van der Waals surface area contributed by atoms with Crippen LogP contribution >= 0.6 is 0 Å². The molecule has 1 aliphatic rings. The topological polar surface area (TPSA) is 12.0 Å². The average molecular weight is 150 g/mol. The molecule has 0 aromatic carbocycles. The molecule has 0 unspecified atom stereocenters. The minimum atomic E-state index is 0.804. The third kappa shape index (κ3) is 1.29. The zero-order chi connectivity index (χ0) is 4.24. The van der Waals surface area contributed by atoms with E-state index in [1.807, 2.05) is 0 Å². The predicted molar refractivity (Wildman–Crippen MR) is 27.8 cm³/mol. The van der Waals surface area contributed by atoms with Gasteiger partial charge < -0.3 is 0 Å². The molecule has 0 spiro atoms. The van der Waals surface area contributed by atoms with Gasteiger partial charge in [-0.3, -0.25) is 0 Å². The molecule has 1 nitrogen and oxygen atoms in total. The van der Waals surface area contributed by atoms with Crippen molar-refractivity contribution in [2.45, 2.75) is 18.2 Å². The third-order valence-electron chi connectivity index (χ3n) is 0.877. The second-order valence-corrected chi connectivity index (χ2v) is 3.52. The van der Waals surface area contributed by atoms with Gasteiger partial charge in [-0.1, -0.05) is 0 Å². The summed E-state index contributed by atoms with van der Waals surface area (Å²) in [5, 5.41) is 1.45. The number of hydrogen-bond donors (Lipinski definition) is 1. The molecule has 1 fully saturated rings. The Hall–Kier alpha value is 0.479. The van der Waals surface area contributed by atoms with Crippen molar-refractivity contribution in [3.8, 4) is 0 Å². The summed E-state index contributed by atoms with van der Waals surface area (Å²) in [5.74, 6) is 0. The molecule has 0 aromatic heterocycles. The first-order valence-corrected chi connectivity index (χ1v) is 4.41. The van der Waals surface area contributed by atoms with Gasteiger partial charge in [0.1, 0.15) is 0 Å². The standard InChI is InChI=1S/C4H9NSe/c1-2-4-6-5-3-1/h5H,1-4H2. The fraction of sp³-hybridized carbons (Fsp3) is 1.00. The van der Waals surface area contributed by atoms with Crippen molar-refractivity contribution >= 4 is 15.2 Å². The molecule has 0 saturated carbocycles. The first-order valence-electron chi connectivity index (χ1n) is 2.35. The van der Waals surface area contributed by atoms with Crippen LogP contribution in [0.5, 0.6) is 0 Å². The van der Waals surface area contributed by atoms with Crippen LogP contribution in [0.2, 0.25) is 5.32 Å². The van der Waals surface area contributed by atoms with Crippen LogP contribution in [0.4, 0.5) is 0 Å². The second-order valence-electron chi connectivity index (χ2n) is 1.45. The summed E-state index contributed by atoms with van der Waals surface area (Å²) in [6.45, 7) is 1.28. The normalized spacial score (nSPS) is 24.0. The molecule has 2 heteroatoms. The molecule has 0 bridgehead atoms. The van der Waals surface area contributed by atoms with Crippen LogP contribution in [-0.2, 0) is 0 Å². The van der Waals surface area contributed by atoms with Gasteiger partial charge >= 0.3 is 44.2 Å². The summed E-state index contributed by atoms with van der Waals surface area (Å²) < 4.78 is 3.35. The Bertz CT molecular complexity index is 23.0. The van der Waals surface area contributed by atoms with Crippen molar-refractivity contribution in [2.24, 2.45) is 0 Å². The van der Waals surface area contributed by atoms with Crippen LogP contribution < -0.4 is 4.33 Å². The van der Waals surface area contributed by atoms with Crippen molar-refractivity contribution in [2.75, 3.05) is 6.54 Å². The second kappa shape index (κ2) is 2.62. The summed E-state index contributed by atoms with van der Waals surface area (Å²) >= 11 is 0.804. The van der Waals surface area contributed by atoms with Gasteiger partial charge in [0.15, 0.2) is 0 Å². The Balaban J connectivity index is 2.00. The fourth-order valence-corrected chi connectivity index (χ4v) is 2.16. The van der Waals surface area contributed by atoms with Gasteiger partial charge in [-0.25, -0.2) is 0 Å². The van der Waals surface area contributed by atoms with Crippen LogP contribution in [0.3, 0.4) is 0 Å². The SMILES string of the molecule is C1CC[Se]NC1. The molecule has 1 rings (SSSR count). The van der Waals surface area contributed by atoms with Crippen LogP contribution in [0, 0.1) is 0 Å². The molecule has 0 aliphatic carbocycles. The molecule has 0 atom stereocenters. The van der Waals surface area contributed by atoms with Crippen LogP contribution in [0.25, 0.3) is 0 Å².